The molecule has 0 aliphatic carbocycles. The maximum atomic E-state index is 13.7. The molecule has 10 atom stereocenters. The zero-order valence-corrected chi connectivity index (χ0v) is 35.1. The second kappa shape index (κ2) is 20.4. The van der Waals surface area contributed by atoms with E-state index in [9.17, 15) is 43.2 Å². The van der Waals surface area contributed by atoms with E-state index >= 15 is 0 Å². The van der Waals surface area contributed by atoms with Crippen LogP contribution in [0.3, 0.4) is 0 Å². The van der Waals surface area contributed by atoms with Crippen LogP contribution in [0.5, 0.6) is 11.5 Å². The predicted octanol–water partition coefficient (Wildman–Crippen LogP) is 1.87. The van der Waals surface area contributed by atoms with Crippen LogP contribution in [0.15, 0.2) is 45.6 Å². The van der Waals surface area contributed by atoms with Crippen LogP contribution in [0.4, 0.5) is 0 Å². The molecule has 22 heteroatoms. The van der Waals surface area contributed by atoms with Gasteiger partial charge in [-0.1, -0.05) is 0 Å². The summed E-state index contributed by atoms with van der Waals surface area (Å²) >= 11 is 0. The minimum absolute atomic E-state index is 0.0317. The first-order chi connectivity index (χ1) is 29.7. The molecule has 2 aromatic carbocycles. The van der Waals surface area contributed by atoms with E-state index in [1.807, 2.05) is 0 Å². The van der Waals surface area contributed by atoms with Crippen LogP contribution in [0, 0.1) is 0 Å². The van der Waals surface area contributed by atoms with E-state index in [4.69, 9.17) is 61.3 Å². The van der Waals surface area contributed by atoms with Crippen molar-refractivity contribution in [3.05, 3.63) is 46.6 Å². The molecule has 3 heterocycles. The van der Waals surface area contributed by atoms with E-state index in [1.165, 1.54) is 36.4 Å². The Balaban J connectivity index is 1.52. The Morgan fingerprint density at radius 3 is 1.08 bits per heavy atom. The molecule has 0 spiro atoms. The fourth-order valence-electron chi connectivity index (χ4n) is 6.79. The molecule has 0 radical (unpaired) electrons. The maximum Gasteiger partial charge on any atom is 0.303 e. The lowest BCUT2D eigenvalue weighted by molar-refractivity contribution is -0.288. The average molecular weight is 889 g/mol. The highest BCUT2D eigenvalue weighted by Gasteiger charge is 2.55. The molecule has 22 nitrogen and oxygen atoms in total. The predicted molar refractivity (Wildman–Crippen MR) is 205 cm³/mol. The van der Waals surface area contributed by atoms with E-state index in [2.05, 4.69) is 0 Å². The summed E-state index contributed by atoms with van der Waals surface area (Å²) in [6, 6.07) is 8.11. The molecule has 2 aliphatic rings. The lowest BCUT2D eigenvalue weighted by Gasteiger charge is -2.43. The van der Waals surface area contributed by atoms with Crippen LogP contribution in [0.25, 0.3) is 21.9 Å². The largest absolute Gasteiger partial charge is 0.463 e. The molecule has 0 saturated carbocycles. The van der Waals surface area contributed by atoms with Gasteiger partial charge in [-0.3, -0.25) is 43.2 Å². The molecule has 0 bridgehead atoms. The quantitative estimate of drug-likeness (QED) is 0.127. The topological polar surface area (TPSA) is 278 Å². The Morgan fingerprint density at radius 2 is 0.762 bits per heavy atom. The zero-order chi connectivity index (χ0) is 46.3. The maximum absolute atomic E-state index is 13.7. The molecule has 340 valence electrons. The fourth-order valence-corrected chi connectivity index (χ4v) is 6.79. The van der Waals surface area contributed by atoms with Gasteiger partial charge in [0.1, 0.15) is 48.1 Å². The van der Waals surface area contributed by atoms with Crippen LogP contribution in [0.2, 0.25) is 0 Å². The molecule has 3 aromatic rings. The summed E-state index contributed by atoms with van der Waals surface area (Å²) in [5.74, 6) is -6.54. The molecule has 5 rings (SSSR count). The van der Waals surface area contributed by atoms with Crippen LogP contribution >= 0.6 is 0 Å². The summed E-state index contributed by atoms with van der Waals surface area (Å²) < 4.78 is 73.2. The van der Waals surface area contributed by atoms with Gasteiger partial charge in [0, 0.05) is 67.5 Å². The van der Waals surface area contributed by atoms with Gasteiger partial charge in [0.15, 0.2) is 24.4 Å². The second-order valence-electron chi connectivity index (χ2n) is 14.1. The first-order valence-corrected chi connectivity index (χ1v) is 19.2. The number of fused-ring (bicyclic) bond motifs is 2. The average Bonchev–Trinajstić information content (AvgIpc) is 3.16. The Hall–Kier alpha value is -6.81. The van der Waals surface area contributed by atoms with Crippen molar-refractivity contribution in [1.29, 1.82) is 0 Å². The lowest BCUT2D eigenvalue weighted by Crippen LogP contribution is -2.63. The van der Waals surface area contributed by atoms with Gasteiger partial charge >= 0.3 is 47.8 Å². The molecule has 0 amide bonds. The van der Waals surface area contributed by atoms with E-state index < -0.39 is 128 Å². The highest BCUT2D eigenvalue weighted by Crippen LogP contribution is 2.34. The third kappa shape index (κ3) is 12.2. The first kappa shape index (κ1) is 47.2. The normalized spacial score (nSPS) is 25.4. The zero-order valence-electron chi connectivity index (χ0n) is 35.1. The van der Waals surface area contributed by atoms with Crippen LogP contribution in [0.1, 0.15) is 55.4 Å². The van der Waals surface area contributed by atoms with E-state index in [0.717, 1.165) is 55.4 Å². The Labute approximate surface area is 357 Å². The van der Waals surface area contributed by atoms with Crippen molar-refractivity contribution >= 4 is 69.7 Å². The van der Waals surface area contributed by atoms with Gasteiger partial charge in [-0.25, -0.2) is 0 Å². The first-order valence-electron chi connectivity index (χ1n) is 19.2. The van der Waals surface area contributed by atoms with Crippen molar-refractivity contribution in [1.82, 2.24) is 0 Å². The standard InChI is InChI=1S/C41H44O22/c1-17(42)51-15-31-34(53-19(3)44)36(55-21(5)46)38(57-23(7)48)40(62-31)59-25-9-11-27-29(13-25)61-30-14-26(10-12-28(30)33(27)50)60-41-39(58-24(8)49)37(56-22(6)47)35(54-20(4)45)32(63-41)16-52-18(2)43/h9-14,31-32,34-41H,15-16H2,1-8H3/t31-,32+,34-,35+,36+,37-,38-,39+,40-,41+. The molecule has 2 aliphatic heterocycles. The van der Waals surface area contributed by atoms with Gasteiger partial charge in [0.25, 0.3) is 0 Å². The molecule has 0 N–H and O–H groups in total. The molecule has 0 unspecified atom stereocenters. The number of benzene rings is 2. The highest BCUT2D eigenvalue weighted by molar-refractivity contribution is 5.90. The Kier molecular flexibility index (Phi) is 15.3. The highest BCUT2D eigenvalue weighted by atomic mass is 16.7. The lowest BCUT2D eigenvalue weighted by atomic mass is 9.98. The minimum Gasteiger partial charge on any atom is -0.463 e. The summed E-state index contributed by atoms with van der Waals surface area (Å²) in [6.45, 7) is 7.67. The van der Waals surface area contributed by atoms with E-state index in [-0.39, 0.29) is 33.4 Å². The van der Waals surface area contributed by atoms with Gasteiger partial charge in [-0.05, 0) is 24.3 Å². The summed E-state index contributed by atoms with van der Waals surface area (Å²) in [7, 11) is 0. The molecular weight excluding hydrogens is 844 g/mol. The van der Waals surface area contributed by atoms with Crippen molar-refractivity contribution in [3.8, 4) is 11.5 Å². The third-order valence-electron chi connectivity index (χ3n) is 9.02. The Bertz CT molecular complexity index is 2160. The van der Waals surface area contributed by atoms with Crippen molar-refractivity contribution in [2.45, 2.75) is 117 Å². The van der Waals surface area contributed by atoms with Crippen molar-refractivity contribution < 1.29 is 99.6 Å². The fraction of sp³-hybridized carbons (Fsp3) is 0.488. The number of carbonyl (C=O) groups is 8. The molecule has 2 saturated heterocycles. The minimum atomic E-state index is -1.60. The summed E-state index contributed by atoms with van der Waals surface area (Å²) in [4.78, 5) is 111. The number of ether oxygens (including phenoxy) is 12. The second-order valence-corrected chi connectivity index (χ2v) is 14.1. The number of hydrogen-bond acceptors (Lipinski definition) is 22. The van der Waals surface area contributed by atoms with Crippen molar-refractivity contribution in [2.75, 3.05) is 13.2 Å². The molecular formula is C41H44O22. The number of rotatable bonds is 14. The van der Waals surface area contributed by atoms with Gasteiger partial charge in [0.05, 0.1) is 10.8 Å². The Morgan fingerprint density at radius 1 is 0.444 bits per heavy atom. The monoisotopic (exact) mass is 888 g/mol. The van der Waals surface area contributed by atoms with Gasteiger partial charge in [0.2, 0.25) is 30.2 Å². The van der Waals surface area contributed by atoms with Crippen molar-refractivity contribution in [2.24, 2.45) is 0 Å². The van der Waals surface area contributed by atoms with Gasteiger partial charge in [-0.15, -0.1) is 0 Å². The molecule has 1 aromatic heterocycles. The number of carbonyl (C=O) groups excluding carboxylic acids is 8. The summed E-state index contributed by atoms with van der Waals surface area (Å²) in [5.41, 5.74) is -0.580. The number of hydrogen-bond donors (Lipinski definition) is 0. The SMILES string of the molecule is CC(=O)OC[C@@H]1O[C@H](Oc2ccc3c(=O)c4ccc(O[C@@H]5O[C@H](COC(C)=O)[C@@H](OC(C)=O)[C@H](OC(C)=O)[C@H]5OC(C)=O)cc4oc3c2)[C@@H](OC(C)=O)[C@H](OC(C)=O)[C@H]1OC(C)=O. The van der Waals surface area contributed by atoms with Crippen LogP contribution in [-0.4, -0.2) is 122 Å². The van der Waals surface area contributed by atoms with E-state index in [0.29, 0.717) is 0 Å². The number of esters is 8. The molecule has 2 fully saturated rings. The van der Waals surface area contributed by atoms with Gasteiger partial charge < -0.3 is 61.3 Å². The van der Waals surface area contributed by atoms with Crippen LogP contribution in [-0.2, 0) is 85.7 Å². The van der Waals surface area contributed by atoms with Crippen LogP contribution < -0.4 is 14.9 Å². The molecule has 63 heavy (non-hydrogen) atoms. The smallest absolute Gasteiger partial charge is 0.303 e. The third-order valence-corrected chi connectivity index (χ3v) is 9.02. The summed E-state index contributed by atoms with van der Waals surface area (Å²) in [5, 5.41) is 0.175. The van der Waals surface area contributed by atoms with E-state index in [1.54, 1.807) is 0 Å². The summed E-state index contributed by atoms with van der Waals surface area (Å²) in [6.07, 6.45) is -14.8. The van der Waals surface area contributed by atoms with Crippen molar-refractivity contribution in [3.63, 3.8) is 0 Å². The van der Waals surface area contributed by atoms with Gasteiger partial charge in [-0.2, -0.15) is 0 Å².